The Morgan fingerprint density at radius 2 is 1.85 bits per heavy atom. The molecule has 1 atom stereocenters. The molecule has 0 aliphatic carbocycles. The number of alkyl halides is 6. The Labute approximate surface area is 189 Å². The molecule has 188 valence electrons. The molecule has 1 aromatic carbocycles. The first-order valence-corrected chi connectivity index (χ1v) is 9.82. The van der Waals surface area contributed by atoms with Crippen molar-refractivity contribution in [2.24, 2.45) is 5.10 Å². The van der Waals surface area contributed by atoms with Crippen molar-refractivity contribution in [1.29, 1.82) is 0 Å². The number of carbonyl (C=O) groups excluding carboxylic acids is 1. The van der Waals surface area contributed by atoms with Crippen LogP contribution in [0.15, 0.2) is 17.2 Å². The lowest BCUT2D eigenvalue weighted by molar-refractivity contribution is -0.192. The van der Waals surface area contributed by atoms with Crippen molar-refractivity contribution >= 4 is 29.1 Å². The number of hydrogen-bond donors (Lipinski definition) is 3. The first kappa shape index (κ1) is 25.4. The van der Waals surface area contributed by atoms with E-state index in [2.05, 4.69) is 15.8 Å². The summed E-state index contributed by atoms with van der Waals surface area (Å²) in [6.07, 6.45) is -9.62. The number of amidine groups is 1. The Hall–Kier alpha value is -3.23. The molecule has 1 fully saturated rings. The largest absolute Gasteiger partial charge is 0.490 e. The number of ether oxygens (including phenoxy) is 1. The minimum atomic E-state index is -5.08. The van der Waals surface area contributed by atoms with Crippen molar-refractivity contribution in [3.63, 3.8) is 0 Å². The van der Waals surface area contributed by atoms with Crippen LogP contribution in [0.2, 0.25) is 0 Å². The normalized spacial score (nSPS) is 21.4. The molecule has 15 heteroatoms. The number of amides is 1. The molecular formula is C19H21F6N5O4. The highest BCUT2D eigenvalue weighted by molar-refractivity contribution is 6.09. The summed E-state index contributed by atoms with van der Waals surface area (Å²) in [5.41, 5.74) is 1.53. The number of hydrazone groups is 1. The second kappa shape index (κ2) is 8.52. The highest BCUT2D eigenvalue weighted by Gasteiger charge is 2.43. The quantitative estimate of drug-likeness (QED) is 0.539. The van der Waals surface area contributed by atoms with Crippen LogP contribution in [0.4, 0.5) is 37.7 Å². The van der Waals surface area contributed by atoms with Gasteiger partial charge in [-0.2, -0.15) is 31.4 Å². The van der Waals surface area contributed by atoms with Gasteiger partial charge in [0.1, 0.15) is 18.4 Å². The van der Waals surface area contributed by atoms with Crippen LogP contribution in [0.3, 0.4) is 0 Å². The molecule has 3 heterocycles. The molecule has 0 saturated carbocycles. The van der Waals surface area contributed by atoms with Crippen LogP contribution in [0.5, 0.6) is 5.75 Å². The van der Waals surface area contributed by atoms with Crippen LogP contribution in [0, 0.1) is 0 Å². The average Bonchev–Trinajstić information content (AvgIpc) is 2.67. The summed E-state index contributed by atoms with van der Waals surface area (Å²) in [5.74, 6) is -2.54. The fourth-order valence-electron chi connectivity index (χ4n) is 3.96. The minimum Gasteiger partial charge on any atom is -0.483 e. The Morgan fingerprint density at radius 1 is 1.26 bits per heavy atom. The molecule has 1 aromatic rings. The van der Waals surface area contributed by atoms with Crippen molar-refractivity contribution < 1.29 is 45.8 Å². The lowest BCUT2D eigenvalue weighted by Gasteiger charge is -2.48. The zero-order valence-electron chi connectivity index (χ0n) is 18.1. The number of likely N-dealkylation sites (N-methyl/N-ethyl adjacent to an activating group) is 1. The Kier molecular flexibility index (Phi) is 6.37. The number of likely N-dealkylation sites (tertiary alicyclic amines) is 1. The number of carboxylic acids is 1. The number of nitrogens with one attached hydrogen (secondary N) is 2. The van der Waals surface area contributed by atoms with E-state index in [-0.39, 0.29) is 24.0 Å². The van der Waals surface area contributed by atoms with Crippen LogP contribution < -0.4 is 20.4 Å². The van der Waals surface area contributed by atoms with Gasteiger partial charge < -0.3 is 25.0 Å². The van der Waals surface area contributed by atoms with Crippen LogP contribution in [-0.4, -0.2) is 72.2 Å². The molecule has 0 spiro atoms. The number of benzene rings is 1. The molecular weight excluding hydrogens is 476 g/mol. The Balaban J connectivity index is 0.000000406. The van der Waals surface area contributed by atoms with Gasteiger partial charge in [-0.3, -0.25) is 4.79 Å². The SMILES string of the molecule is CC1C(=O)NN=C2COc3cc(C(F)(F)F)c(NC4(C)CN(C)C4)cc3N21.O=C(O)C(F)(F)F. The summed E-state index contributed by atoms with van der Waals surface area (Å²) < 4.78 is 78.2. The van der Waals surface area contributed by atoms with E-state index < -0.39 is 35.5 Å². The fourth-order valence-corrected chi connectivity index (χ4v) is 3.96. The van der Waals surface area contributed by atoms with E-state index in [0.717, 1.165) is 6.07 Å². The van der Waals surface area contributed by atoms with Gasteiger partial charge >= 0.3 is 18.3 Å². The lowest BCUT2D eigenvalue weighted by Crippen LogP contribution is -2.62. The summed E-state index contributed by atoms with van der Waals surface area (Å²) in [6, 6.07) is 1.81. The maximum absolute atomic E-state index is 13.7. The topological polar surface area (TPSA) is 106 Å². The molecule has 0 radical (unpaired) electrons. The Bertz CT molecular complexity index is 1020. The number of carbonyl (C=O) groups is 2. The third-order valence-electron chi connectivity index (χ3n) is 5.28. The van der Waals surface area contributed by atoms with Crippen molar-refractivity contribution in [1.82, 2.24) is 10.3 Å². The van der Waals surface area contributed by atoms with Crippen molar-refractivity contribution in [2.45, 2.75) is 37.8 Å². The highest BCUT2D eigenvalue weighted by atomic mass is 19.4. The van der Waals surface area contributed by atoms with Gasteiger partial charge in [0.05, 0.1) is 16.8 Å². The number of rotatable bonds is 2. The molecule has 4 rings (SSSR count). The van der Waals surface area contributed by atoms with Gasteiger partial charge in [0.25, 0.3) is 5.91 Å². The molecule has 0 bridgehead atoms. The predicted molar refractivity (Wildman–Crippen MR) is 108 cm³/mol. The second-order valence-electron chi connectivity index (χ2n) is 8.36. The monoisotopic (exact) mass is 497 g/mol. The van der Waals surface area contributed by atoms with E-state index in [9.17, 15) is 31.1 Å². The van der Waals surface area contributed by atoms with Crippen LogP contribution in [0.25, 0.3) is 0 Å². The zero-order valence-corrected chi connectivity index (χ0v) is 18.1. The van der Waals surface area contributed by atoms with Gasteiger partial charge in [-0.25, -0.2) is 10.2 Å². The number of hydrogen-bond acceptors (Lipinski definition) is 7. The standard InChI is InChI=1S/C17H20F3N5O2.C2HF3O2/c1-9-15(26)23-22-14-6-27-13-4-10(17(18,19)20)11(5-12(13)25(9)14)21-16(2)7-24(3)8-16;3-2(4,5)1(6)7/h4-5,9,21H,6-8H2,1-3H3,(H,23,26);(H,6,7). The van der Waals surface area contributed by atoms with E-state index >= 15 is 0 Å². The molecule has 1 unspecified atom stereocenters. The van der Waals surface area contributed by atoms with Gasteiger partial charge in [-0.1, -0.05) is 0 Å². The van der Waals surface area contributed by atoms with Crippen LogP contribution in [0.1, 0.15) is 19.4 Å². The summed E-state index contributed by atoms with van der Waals surface area (Å²) in [7, 11) is 1.91. The van der Waals surface area contributed by atoms with E-state index in [1.165, 1.54) is 6.07 Å². The van der Waals surface area contributed by atoms with Crippen molar-refractivity contribution in [3.8, 4) is 5.75 Å². The molecule has 3 aliphatic rings. The lowest BCUT2D eigenvalue weighted by atomic mass is 9.92. The maximum Gasteiger partial charge on any atom is 0.490 e. The summed E-state index contributed by atoms with van der Waals surface area (Å²) in [6.45, 7) is 4.81. The zero-order chi connectivity index (χ0) is 25.6. The number of anilines is 2. The predicted octanol–water partition coefficient (Wildman–Crippen LogP) is 2.49. The second-order valence-corrected chi connectivity index (χ2v) is 8.36. The summed E-state index contributed by atoms with van der Waals surface area (Å²) in [5, 5.41) is 14.1. The van der Waals surface area contributed by atoms with Gasteiger partial charge in [0.15, 0.2) is 5.84 Å². The molecule has 34 heavy (non-hydrogen) atoms. The van der Waals surface area contributed by atoms with Crippen molar-refractivity contribution in [2.75, 3.05) is 37.0 Å². The number of carboxylic acid groups (broad SMARTS) is 1. The molecule has 0 aromatic heterocycles. The van der Waals surface area contributed by atoms with Crippen LogP contribution in [-0.2, 0) is 15.8 Å². The van der Waals surface area contributed by atoms with Gasteiger partial charge in [0.2, 0.25) is 0 Å². The minimum absolute atomic E-state index is 0.00972. The van der Waals surface area contributed by atoms with Crippen molar-refractivity contribution in [3.05, 3.63) is 17.7 Å². The highest BCUT2D eigenvalue weighted by Crippen LogP contribution is 2.45. The maximum atomic E-state index is 13.7. The van der Waals surface area contributed by atoms with E-state index in [1.54, 1.807) is 11.8 Å². The van der Waals surface area contributed by atoms with E-state index in [0.29, 0.717) is 24.6 Å². The first-order valence-electron chi connectivity index (χ1n) is 9.82. The van der Waals surface area contributed by atoms with Crippen LogP contribution >= 0.6 is 0 Å². The molecule has 9 nitrogen and oxygen atoms in total. The fraction of sp³-hybridized carbons (Fsp3) is 0.526. The van der Waals surface area contributed by atoms with E-state index in [4.69, 9.17) is 14.6 Å². The number of nitrogens with zero attached hydrogens (tertiary/aromatic N) is 3. The summed E-state index contributed by atoms with van der Waals surface area (Å²) in [4.78, 5) is 24.5. The Morgan fingerprint density at radius 3 is 2.35 bits per heavy atom. The third kappa shape index (κ3) is 5.13. The molecule has 3 aliphatic heterocycles. The number of aliphatic carboxylic acids is 1. The smallest absolute Gasteiger partial charge is 0.483 e. The first-order chi connectivity index (χ1) is 15.5. The molecule has 3 N–H and O–H groups in total. The molecule has 1 amide bonds. The number of fused-ring (bicyclic) bond motifs is 3. The van der Waals surface area contributed by atoms with Gasteiger partial charge in [-0.15, -0.1) is 0 Å². The van der Waals surface area contributed by atoms with Gasteiger partial charge in [-0.05, 0) is 33.0 Å². The molecule has 1 saturated heterocycles. The summed E-state index contributed by atoms with van der Waals surface area (Å²) >= 11 is 0. The average molecular weight is 497 g/mol. The van der Waals surface area contributed by atoms with E-state index in [1.807, 2.05) is 18.9 Å². The van der Waals surface area contributed by atoms with Gasteiger partial charge in [0, 0.05) is 18.8 Å². The number of halogens is 6. The third-order valence-corrected chi connectivity index (χ3v) is 5.28.